The van der Waals surface area contributed by atoms with Crippen LogP contribution in [-0.2, 0) is 20.7 Å². The van der Waals surface area contributed by atoms with Gasteiger partial charge in [0, 0.05) is 45.9 Å². The zero-order valence-electron chi connectivity index (χ0n) is 16.1. The Balaban J connectivity index is 0.00000280. The summed E-state index contributed by atoms with van der Waals surface area (Å²) in [5.41, 5.74) is 6.10. The third kappa shape index (κ3) is 5.21. The highest BCUT2D eigenvalue weighted by molar-refractivity contribution is 5.85. The maximum atomic E-state index is 13.3. The summed E-state index contributed by atoms with van der Waals surface area (Å²) in [6.45, 7) is 3.70. The Bertz CT molecular complexity index is 682. The van der Waals surface area contributed by atoms with Gasteiger partial charge < -0.3 is 20.3 Å². The molecule has 0 spiro atoms. The Labute approximate surface area is 171 Å². The maximum Gasteiger partial charge on any atom is 0.230 e. The van der Waals surface area contributed by atoms with E-state index in [9.17, 15) is 14.0 Å². The van der Waals surface area contributed by atoms with E-state index in [1.807, 2.05) is 4.90 Å². The number of hydrogen-bond acceptors (Lipinski definition) is 4. The van der Waals surface area contributed by atoms with Gasteiger partial charge in [-0.2, -0.15) is 0 Å². The smallest absolute Gasteiger partial charge is 0.230 e. The van der Waals surface area contributed by atoms with Crippen molar-refractivity contribution in [3.05, 3.63) is 35.6 Å². The van der Waals surface area contributed by atoms with Crippen LogP contribution in [0.3, 0.4) is 0 Å². The lowest BCUT2D eigenvalue weighted by Gasteiger charge is -2.38. The minimum Gasteiger partial charge on any atom is -0.381 e. The molecule has 156 valence electrons. The van der Waals surface area contributed by atoms with Gasteiger partial charge in [0.25, 0.3) is 0 Å². The number of amides is 2. The predicted molar refractivity (Wildman–Crippen MR) is 107 cm³/mol. The molecule has 2 saturated heterocycles. The number of hydrogen-bond donors (Lipinski definition) is 1. The zero-order valence-corrected chi connectivity index (χ0v) is 16.9. The molecule has 0 aromatic heterocycles. The summed E-state index contributed by atoms with van der Waals surface area (Å²) in [7, 11) is 0. The Morgan fingerprint density at radius 1 is 1.11 bits per heavy atom. The number of carbonyl (C=O) groups is 2. The van der Waals surface area contributed by atoms with Crippen molar-refractivity contribution in [1.29, 1.82) is 0 Å². The van der Waals surface area contributed by atoms with Gasteiger partial charge in [-0.15, -0.1) is 12.4 Å². The quantitative estimate of drug-likeness (QED) is 0.813. The molecule has 0 unspecified atom stereocenters. The van der Waals surface area contributed by atoms with Crippen LogP contribution < -0.4 is 5.73 Å². The van der Waals surface area contributed by atoms with Crippen LogP contribution in [-0.4, -0.2) is 67.6 Å². The molecule has 0 saturated carbocycles. The minimum absolute atomic E-state index is 0. The molecular formula is C20H29ClFN3O3. The van der Waals surface area contributed by atoms with E-state index in [2.05, 4.69) is 0 Å². The molecule has 0 aliphatic carbocycles. The third-order valence-electron chi connectivity index (χ3n) is 5.67. The first kappa shape index (κ1) is 22.6. The van der Waals surface area contributed by atoms with E-state index >= 15 is 0 Å². The first-order valence-electron chi connectivity index (χ1n) is 9.63. The molecule has 0 bridgehead atoms. The van der Waals surface area contributed by atoms with Crippen LogP contribution in [0.5, 0.6) is 0 Å². The van der Waals surface area contributed by atoms with E-state index in [4.69, 9.17) is 10.5 Å². The number of halogens is 2. The summed E-state index contributed by atoms with van der Waals surface area (Å²) in [6.07, 6.45) is 2.22. The van der Waals surface area contributed by atoms with E-state index < -0.39 is 5.41 Å². The molecule has 2 aliphatic rings. The van der Waals surface area contributed by atoms with Gasteiger partial charge >= 0.3 is 0 Å². The van der Waals surface area contributed by atoms with Gasteiger partial charge in [0.1, 0.15) is 5.82 Å². The first-order valence-corrected chi connectivity index (χ1v) is 9.63. The van der Waals surface area contributed by atoms with E-state index in [0.29, 0.717) is 64.3 Å². The van der Waals surface area contributed by atoms with Crippen LogP contribution >= 0.6 is 12.4 Å². The molecule has 1 aromatic rings. The number of rotatable bonds is 4. The fraction of sp³-hybridized carbons (Fsp3) is 0.600. The van der Waals surface area contributed by atoms with Crippen molar-refractivity contribution < 1.29 is 18.7 Å². The van der Waals surface area contributed by atoms with E-state index in [0.717, 1.165) is 6.42 Å². The Morgan fingerprint density at radius 3 is 2.46 bits per heavy atom. The van der Waals surface area contributed by atoms with Crippen molar-refractivity contribution in [1.82, 2.24) is 9.80 Å². The average Bonchev–Trinajstić information content (AvgIpc) is 2.94. The maximum absolute atomic E-state index is 13.3. The second-order valence-electron chi connectivity index (χ2n) is 7.43. The molecule has 1 aromatic carbocycles. The van der Waals surface area contributed by atoms with Crippen molar-refractivity contribution in [2.24, 2.45) is 11.1 Å². The van der Waals surface area contributed by atoms with Gasteiger partial charge in [-0.05, 0) is 37.0 Å². The van der Waals surface area contributed by atoms with Crippen molar-refractivity contribution in [2.75, 3.05) is 45.9 Å². The van der Waals surface area contributed by atoms with Crippen molar-refractivity contribution in [3.8, 4) is 0 Å². The van der Waals surface area contributed by atoms with Crippen molar-refractivity contribution in [3.63, 3.8) is 0 Å². The summed E-state index contributed by atoms with van der Waals surface area (Å²) >= 11 is 0. The first-order chi connectivity index (χ1) is 13.0. The topological polar surface area (TPSA) is 75.9 Å². The van der Waals surface area contributed by atoms with E-state index in [1.54, 1.807) is 17.0 Å². The highest BCUT2D eigenvalue weighted by Crippen LogP contribution is 2.32. The van der Waals surface area contributed by atoms with Crippen LogP contribution in [0.15, 0.2) is 24.3 Å². The van der Waals surface area contributed by atoms with E-state index in [1.165, 1.54) is 12.1 Å². The Morgan fingerprint density at radius 2 is 1.79 bits per heavy atom. The molecule has 2 fully saturated rings. The third-order valence-corrected chi connectivity index (χ3v) is 5.67. The van der Waals surface area contributed by atoms with Gasteiger partial charge in [0.2, 0.25) is 11.8 Å². The molecule has 2 aliphatic heterocycles. The van der Waals surface area contributed by atoms with Crippen LogP contribution in [0.2, 0.25) is 0 Å². The SMILES string of the molecule is Cl.NCC1(C(=O)N2CCCN(C(=O)Cc3cccc(F)c3)CC2)CCOCC1. The molecular weight excluding hydrogens is 385 g/mol. The second-order valence-corrected chi connectivity index (χ2v) is 7.43. The zero-order chi connectivity index (χ0) is 19.3. The van der Waals surface area contributed by atoms with Gasteiger partial charge in [0.15, 0.2) is 0 Å². The number of nitrogens with zero attached hydrogens (tertiary/aromatic N) is 2. The van der Waals surface area contributed by atoms with Crippen molar-refractivity contribution in [2.45, 2.75) is 25.7 Å². The number of ether oxygens (including phenoxy) is 1. The summed E-state index contributed by atoms with van der Waals surface area (Å²) in [5.74, 6) is -0.279. The van der Waals surface area contributed by atoms with Gasteiger partial charge in [-0.1, -0.05) is 12.1 Å². The normalized spacial score (nSPS) is 19.5. The van der Waals surface area contributed by atoms with Gasteiger partial charge in [-0.3, -0.25) is 9.59 Å². The number of benzene rings is 1. The predicted octanol–water partition coefficient (Wildman–Crippen LogP) is 1.61. The molecule has 0 atom stereocenters. The highest BCUT2D eigenvalue weighted by atomic mass is 35.5. The molecule has 28 heavy (non-hydrogen) atoms. The molecule has 8 heteroatoms. The monoisotopic (exact) mass is 413 g/mol. The molecule has 0 radical (unpaired) electrons. The minimum atomic E-state index is -0.529. The largest absolute Gasteiger partial charge is 0.381 e. The summed E-state index contributed by atoms with van der Waals surface area (Å²) in [4.78, 5) is 29.3. The average molecular weight is 414 g/mol. The molecule has 2 amide bonds. The lowest BCUT2D eigenvalue weighted by Crippen LogP contribution is -2.51. The highest BCUT2D eigenvalue weighted by Gasteiger charge is 2.41. The molecule has 6 nitrogen and oxygen atoms in total. The molecule has 2 N–H and O–H groups in total. The van der Waals surface area contributed by atoms with Gasteiger partial charge in [-0.25, -0.2) is 4.39 Å². The lowest BCUT2D eigenvalue weighted by atomic mass is 9.79. The summed E-state index contributed by atoms with van der Waals surface area (Å²) < 4.78 is 18.7. The molecule has 2 heterocycles. The summed E-state index contributed by atoms with van der Waals surface area (Å²) in [6, 6.07) is 6.13. The fourth-order valence-corrected chi connectivity index (χ4v) is 3.91. The Kier molecular flexibility index (Phi) is 8.22. The fourth-order valence-electron chi connectivity index (χ4n) is 3.91. The lowest BCUT2D eigenvalue weighted by molar-refractivity contribution is -0.147. The van der Waals surface area contributed by atoms with Crippen LogP contribution in [0.25, 0.3) is 0 Å². The standard InChI is InChI=1S/C20H28FN3O3.ClH/c21-17-4-1-3-16(13-17)14-18(25)23-7-2-8-24(10-9-23)19(26)20(15-22)5-11-27-12-6-20;/h1,3-4,13H,2,5-12,14-15,22H2;1H. The number of carbonyl (C=O) groups excluding carboxylic acids is 2. The summed E-state index contributed by atoms with van der Waals surface area (Å²) in [5, 5.41) is 0. The number of nitrogens with two attached hydrogens (primary N) is 1. The van der Waals surface area contributed by atoms with Crippen LogP contribution in [0.1, 0.15) is 24.8 Å². The second kappa shape index (κ2) is 10.2. The molecule has 3 rings (SSSR count). The van der Waals surface area contributed by atoms with E-state index in [-0.39, 0.29) is 36.5 Å². The van der Waals surface area contributed by atoms with Crippen LogP contribution in [0, 0.1) is 11.2 Å². The Hall–Kier alpha value is -1.70. The van der Waals surface area contributed by atoms with Gasteiger partial charge in [0.05, 0.1) is 11.8 Å². The van der Waals surface area contributed by atoms with Crippen LogP contribution in [0.4, 0.5) is 4.39 Å². The van der Waals surface area contributed by atoms with Crippen molar-refractivity contribution >= 4 is 24.2 Å².